The van der Waals surface area contributed by atoms with Crippen molar-refractivity contribution in [1.82, 2.24) is 15.2 Å². The second kappa shape index (κ2) is 3.39. The number of nitrogens with zero attached hydrogens (tertiary/aromatic N) is 4. The van der Waals surface area contributed by atoms with Gasteiger partial charge in [-0.3, -0.25) is 0 Å². The van der Waals surface area contributed by atoms with E-state index in [1.165, 1.54) is 0 Å². The van der Waals surface area contributed by atoms with Crippen LogP contribution >= 0.6 is 11.3 Å². The van der Waals surface area contributed by atoms with Gasteiger partial charge in [0.15, 0.2) is 5.82 Å². The molecule has 0 spiro atoms. The Morgan fingerprint density at radius 1 is 1.60 bits per heavy atom. The van der Waals surface area contributed by atoms with Crippen molar-refractivity contribution in [2.75, 3.05) is 18.0 Å². The highest BCUT2D eigenvalue weighted by Crippen LogP contribution is 2.31. The average molecular weight is 221 g/mol. The SMILES string of the molecule is NCC1CCN1c1nncc2ncsc12. The molecule has 0 radical (unpaired) electrons. The molecule has 1 aliphatic rings. The van der Waals surface area contributed by atoms with Crippen LogP contribution in [0.15, 0.2) is 11.7 Å². The van der Waals surface area contributed by atoms with E-state index in [1.54, 1.807) is 17.5 Å². The van der Waals surface area contributed by atoms with E-state index in [-0.39, 0.29) is 0 Å². The van der Waals surface area contributed by atoms with E-state index in [1.807, 2.05) is 5.51 Å². The molecule has 2 aromatic heterocycles. The molecule has 15 heavy (non-hydrogen) atoms. The van der Waals surface area contributed by atoms with Gasteiger partial charge in [0, 0.05) is 19.1 Å². The van der Waals surface area contributed by atoms with E-state index >= 15 is 0 Å². The maximum atomic E-state index is 5.68. The Morgan fingerprint density at radius 3 is 3.27 bits per heavy atom. The van der Waals surface area contributed by atoms with Gasteiger partial charge in [0.2, 0.25) is 0 Å². The summed E-state index contributed by atoms with van der Waals surface area (Å²) in [4.78, 5) is 6.44. The zero-order valence-electron chi connectivity index (χ0n) is 8.13. The Bertz CT molecular complexity index is 480. The fourth-order valence-corrected chi connectivity index (χ4v) is 2.61. The third-order valence-electron chi connectivity index (χ3n) is 2.82. The van der Waals surface area contributed by atoms with Crippen molar-refractivity contribution in [2.24, 2.45) is 5.73 Å². The average Bonchev–Trinajstić information content (AvgIpc) is 2.65. The van der Waals surface area contributed by atoms with E-state index in [4.69, 9.17) is 5.73 Å². The van der Waals surface area contributed by atoms with Crippen LogP contribution in [0.1, 0.15) is 6.42 Å². The number of hydrogen-bond acceptors (Lipinski definition) is 6. The smallest absolute Gasteiger partial charge is 0.171 e. The molecule has 1 unspecified atom stereocenters. The highest BCUT2D eigenvalue weighted by Gasteiger charge is 2.29. The molecule has 0 aliphatic carbocycles. The molecule has 1 fully saturated rings. The Labute approximate surface area is 90.9 Å². The Hall–Kier alpha value is -1.27. The fourth-order valence-electron chi connectivity index (χ4n) is 1.85. The van der Waals surface area contributed by atoms with Crippen molar-refractivity contribution < 1.29 is 0 Å². The maximum Gasteiger partial charge on any atom is 0.171 e. The second-order valence-corrected chi connectivity index (χ2v) is 4.46. The second-order valence-electron chi connectivity index (χ2n) is 3.61. The molecule has 1 aliphatic heterocycles. The lowest BCUT2D eigenvalue weighted by Gasteiger charge is -2.41. The lowest BCUT2D eigenvalue weighted by atomic mass is 10.0. The Kier molecular flexibility index (Phi) is 2.03. The van der Waals surface area contributed by atoms with Crippen LogP contribution in [0.3, 0.4) is 0 Å². The fraction of sp³-hybridized carbons (Fsp3) is 0.444. The van der Waals surface area contributed by atoms with Gasteiger partial charge in [-0.1, -0.05) is 0 Å². The molecule has 1 saturated heterocycles. The third kappa shape index (κ3) is 1.29. The standard InChI is InChI=1S/C9H11N5S/c10-3-6-1-2-14(6)9-8-7(4-12-13-9)11-5-15-8/h4-6H,1-3,10H2. The predicted molar refractivity (Wildman–Crippen MR) is 60.0 cm³/mol. The molecule has 3 rings (SSSR count). The summed E-state index contributed by atoms with van der Waals surface area (Å²) in [6.45, 7) is 1.70. The topological polar surface area (TPSA) is 67.9 Å². The monoisotopic (exact) mass is 221 g/mol. The number of fused-ring (bicyclic) bond motifs is 1. The molecule has 3 heterocycles. The number of rotatable bonds is 2. The first kappa shape index (κ1) is 8.99. The molecular formula is C9H11N5S. The van der Waals surface area contributed by atoms with E-state index < -0.39 is 0 Å². The van der Waals surface area contributed by atoms with Crippen molar-refractivity contribution in [3.05, 3.63) is 11.7 Å². The van der Waals surface area contributed by atoms with Gasteiger partial charge in [-0.15, -0.1) is 16.4 Å². The number of thiazole rings is 1. The molecule has 5 nitrogen and oxygen atoms in total. The maximum absolute atomic E-state index is 5.68. The van der Waals surface area contributed by atoms with Gasteiger partial charge in [-0.05, 0) is 6.42 Å². The van der Waals surface area contributed by atoms with Gasteiger partial charge >= 0.3 is 0 Å². The molecular weight excluding hydrogens is 210 g/mol. The van der Waals surface area contributed by atoms with Gasteiger partial charge < -0.3 is 10.6 Å². The van der Waals surface area contributed by atoms with Crippen molar-refractivity contribution in [3.63, 3.8) is 0 Å². The van der Waals surface area contributed by atoms with Crippen molar-refractivity contribution in [3.8, 4) is 0 Å². The van der Waals surface area contributed by atoms with Crippen LogP contribution in [0.2, 0.25) is 0 Å². The summed E-state index contributed by atoms with van der Waals surface area (Å²) in [5.74, 6) is 0.941. The van der Waals surface area contributed by atoms with Gasteiger partial charge in [-0.2, -0.15) is 5.10 Å². The Balaban J connectivity index is 2.06. The molecule has 0 amide bonds. The van der Waals surface area contributed by atoms with Crippen LogP contribution in [-0.4, -0.2) is 34.3 Å². The number of hydrogen-bond donors (Lipinski definition) is 1. The predicted octanol–water partition coefficient (Wildman–Crippen LogP) is 0.624. The summed E-state index contributed by atoms with van der Waals surface area (Å²) in [7, 11) is 0. The van der Waals surface area contributed by atoms with Crippen LogP contribution in [0.4, 0.5) is 5.82 Å². The molecule has 0 saturated carbocycles. The molecule has 2 aromatic rings. The number of nitrogens with two attached hydrogens (primary N) is 1. The highest BCUT2D eigenvalue weighted by atomic mass is 32.1. The minimum Gasteiger partial charge on any atom is -0.349 e. The first-order valence-corrected chi connectivity index (χ1v) is 5.79. The van der Waals surface area contributed by atoms with Gasteiger partial charge in [0.25, 0.3) is 0 Å². The minimum atomic E-state index is 0.423. The lowest BCUT2D eigenvalue weighted by Crippen LogP contribution is -2.52. The molecule has 0 aromatic carbocycles. The lowest BCUT2D eigenvalue weighted by molar-refractivity contribution is 0.452. The summed E-state index contributed by atoms with van der Waals surface area (Å²) in [5.41, 5.74) is 8.43. The van der Waals surface area contributed by atoms with E-state index in [0.717, 1.165) is 29.0 Å². The van der Waals surface area contributed by atoms with Crippen molar-refractivity contribution in [1.29, 1.82) is 0 Å². The van der Waals surface area contributed by atoms with Gasteiger partial charge in [-0.25, -0.2) is 4.98 Å². The summed E-state index contributed by atoms with van der Waals surface area (Å²) in [6.07, 6.45) is 2.85. The first-order valence-electron chi connectivity index (χ1n) is 4.91. The van der Waals surface area contributed by atoms with Crippen LogP contribution in [0.5, 0.6) is 0 Å². The quantitative estimate of drug-likeness (QED) is 0.805. The molecule has 1 atom stereocenters. The van der Waals surface area contributed by atoms with Gasteiger partial charge in [0.1, 0.15) is 10.2 Å². The Morgan fingerprint density at radius 2 is 2.53 bits per heavy atom. The van der Waals surface area contributed by atoms with Gasteiger partial charge in [0.05, 0.1) is 11.7 Å². The van der Waals surface area contributed by atoms with Crippen LogP contribution in [0.25, 0.3) is 10.2 Å². The normalized spacial score (nSPS) is 20.6. The molecule has 78 valence electrons. The molecule has 2 N–H and O–H groups in total. The third-order valence-corrected chi connectivity index (χ3v) is 3.66. The highest BCUT2D eigenvalue weighted by molar-refractivity contribution is 7.17. The number of aromatic nitrogens is 3. The molecule has 6 heteroatoms. The summed E-state index contributed by atoms with van der Waals surface area (Å²) >= 11 is 1.61. The van der Waals surface area contributed by atoms with Crippen molar-refractivity contribution in [2.45, 2.75) is 12.5 Å². The summed E-state index contributed by atoms with van der Waals surface area (Å²) in [5, 5.41) is 8.16. The zero-order chi connectivity index (χ0) is 10.3. The van der Waals surface area contributed by atoms with Crippen LogP contribution in [-0.2, 0) is 0 Å². The van der Waals surface area contributed by atoms with Crippen LogP contribution < -0.4 is 10.6 Å². The van der Waals surface area contributed by atoms with E-state index in [9.17, 15) is 0 Å². The first-order chi connectivity index (χ1) is 7.40. The summed E-state index contributed by atoms with van der Waals surface area (Å²) < 4.78 is 1.11. The zero-order valence-corrected chi connectivity index (χ0v) is 8.94. The summed E-state index contributed by atoms with van der Waals surface area (Å²) in [6, 6.07) is 0.423. The number of anilines is 1. The largest absolute Gasteiger partial charge is 0.349 e. The molecule has 0 bridgehead atoms. The minimum absolute atomic E-state index is 0.423. The van der Waals surface area contributed by atoms with E-state index in [0.29, 0.717) is 12.6 Å². The van der Waals surface area contributed by atoms with Crippen LogP contribution in [0, 0.1) is 0 Å². The van der Waals surface area contributed by atoms with E-state index in [2.05, 4.69) is 20.1 Å². The van der Waals surface area contributed by atoms with Crippen molar-refractivity contribution >= 4 is 27.4 Å².